The van der Waals surface area contributed by atoms with E-state index in [-0.39, 0.29) is 6.42 Å². The van der Waals surface area contributed by atoms with Gasteiger partial charge in [-0.3, -0.25) is 5.04 Å². The van der Waals surface area contributed by atoms with Gasteiger partial charge >= 0.3 is 23.0 Å². The van der Waals surface area contributed by atoms with Crippen molar-refractivity contribution in [1.29, 1.82) is 0 Å². The highest BCUT2D eigenvalue weighted by atomic mass is 32.2. The number of hydrogen-bond acceptors (Lipinski definition) is 4. The van der Waals surface area contributed by atoms with Crippen molar-refractivity contribution < 1.29 is 49.8 Å². The zero-order valence-electron chi connectivity index (χ0n) is 15.4. The monoisotopic (exact) mass is 449 g/mol. The number of rotatable bonds is 17. The van der Waals surface area contributed by atoms with E-state index in [1.54, 1.807) is 0 Å². The molecule has 0 fully saturated rings. The summed E-state index contributed by atoms with van der Waals surface area (Å²) in [5.74, 6) is -18.2. The van der Waals surface area contributed by atoms with Gasteiger partial charge in [0.2, 0.25) is 0 Å². The van der Waals surface area contributed by atoms with E-state index in [1.165, 1.54) is 0 Å². The van der Waals surface area contributed by atoms with Gasteiger partial charge in [-0.1, -0.05) is 64.7 Å². The molecular weight excluding hydrogens is 424 g/mol. The first-order valence-electron chi connectivity index (χ1n) is 9.03. The van der Waals surface area contributed by atoms with Crippen LogP contribution in [0.4, 0.5) is 35.1 Å². The van der Waals surface area contributed by atoms with Gasteiger partial charge in [0.1, 0.15) is 12.0 Å². The molecule has 0 aliphatic heterocycles. The van der Waals surface area contributed by atoms with Crippen LogP contribution in [-0.4, -0.2) is 23.0 Å². The summed E-state index contributed by atoms with van der Waals surface area (Å²) in [6.45, 7) is 2.07. The average Bonchev–Trinajstić information content (AvgIpc) is 2.61. The summed E-state index contributed by atoms with van der Waals surface area (Å²) in [5.41, 5.74) is 0. The van der Waals surface area contributed by atoms with Crippen LogP contribution in [-0.2, 0) is 9.37 Å². The molecule has 0 N–H and O–H groups in total. The molecule has 0 aliphatic carbocycles. The third kappa shape index (κ3) is 7.83. The van der Waals surface area contributed by atoms with Crippen LogP contribution in [0.1, 0.15) is 77.6 Å². The summed E-state index contributed by atoms with van der Waals surface area (Å²) in [5, 5.41) is 5.97. The molecule has 0 unspecified atom stereocenters. The highest BCUT2D eigenvalue weighted by Crippen LogP contribution is 2.57. The fourth-order valence-corrected chi connectivity index (χ4v) is 2.86. The summed E-state index contributed by atoms with van der Waals surface area (Å²) in [6.07, 6.45) is 5.20. The minimum atomic E-state index is -6.48. The molecule has 12 heteroatoms. The molecule has 28 heavy (non-hydrogen) atoms. The summed E-state index contributed by atoms with van der Waals surface area (Å²) in [7, 11) is 0. The van der Waals surface area contributed by atoms with E-state index in [1.807, 2.05) is 0 Å². The minimum Gasteiger partial charge on any atom is -0.691 e. The topological polar surface area (TPSA) is 41.5 Å². The van der Waals surface area contributed by atoms with Crippen molar-refractivity contribution in [2.24, 2.45) is 0 Å². The third-order valence-corrected chi connectivity index (χ3v) is 4.82. The van der Waals surface area contributed by atoms with Crippen molar-refractivity contribution in [2.45, 2.75) is 101 Å². The van der Waals surface area contributed by atoms with Crippen LogP contribution in [0.25, 0.3) is 0 Å². The Bertz CT molecular complexity index is 425. The largest absolute Gasteiger partial charge is 0.691 e. The van der Waals surface area contributed by atoms with Gasteiger partial charge in [0.25, 0.3) is 0 Å². The predicted octanol–water partition coefficient (Wildman–Crippen LogP) is 6.67. The SMILES string of the molecule is CCCCCCCCCCCCC(F)(F)C(F)(F)C(F)(F)C(F)(F)SOO[O-]. The molecular formula is C16H25F8O3S-. The van der Waals surface area contributed by atoms with Gasteiger partial charge in [0.15, 0.2) is 0 Å². The lowest BCUT2D eigenvalue weighted by molar-refractivity contribution is -0.777. The molecule has 0 aromatic rings. The molecule has 0 aliphatic rings. The maximum atomic E-state index is 13.6. The van der Waals surface area contributed by atoms with Crippen LogP contribution in [0, 0.1) is 0 Å². The Balaban J connectivity index is 4.46. The van der Waals surface area contributed by atoms with Crippen LogP contribution >= 0.6 is 12.0 Å². The Kier molecular flexibility index (Phi) is 12.2. The molecule has 0 rings (SSSR count). The van der Waals surface area contributed by atoms with Crippen LogP contribution in [0.5, 0.6) is 0 Å². The molecule has 0 radical (unpaired) electrons. The second kappa shape index (κ2) is 12.4. The molecule has 3 nitrogen and oxygen atoms in total. The predicted molar refractivity (Wildman–Crippen MR) is 86.0 cm³/mol. The smallest absolute Gasteiger partial charge is 0.390 e. The highest BCUT2D eigenvalue weighted by Gasteiger charge is 2.81. The van der Waals surface area contributed by atoms with Crippen molar-refractivity contribution in [1.82, 2.24) is 0 Å². The number of halogens is 8. The molecule has 0 spiro atoms. The van der Waals surface area contributed by atoms with Crippen molar-refractivity contribution in [3.63, 3.8) is 0 Å². The van der Waals surface area contributed by atoms with Crippen LogP contribution in [0.3, 0.4) is 0 Å². The molecule has 0 saturated carbocycles. The fraction of sp³-hybridized carbons (Fsp3) is 1.00. The molecule has 0 aromatic heterocycles. The first-order chi connectivity index (χ1) is 12.9. The van der Waals surface area contributed by atoms with Crippen LogP contribution in [0.2, 0.25) is 0 Å². The second-order valence-corrected chi connectivity index (χ2v) is 7.34. The fourth-order valence-electron chi connectivity index (χ4n) is 2.51. The van der Waals surface area contributed by atoms with Crippen molar-refractivity contribution in [3.05, 3.63) is 0 Å². The summed E-state index contributed by atoms with van der Waals surface area (Å²) < 4.78 is 110. The second-order valence-electron chi connectivity index (χ2n) is 6.52. The van der Waals surface area contributed by atoms with Gasteiger partial charge in [-0.2, -0.15) is 39.5 Å². The number of alkyl halides is 8. The Morgan fingerprint density at radius 3 is 1.54 bits per heavy atom. The lowest BCUT2D eigenvalue weighted by Crippen LogP contribution is -2.61. The average molecular weight is 449 g/mol. The van der Waals surface area contributed by atoms with E-state index < -0.39 is 47.9 Å². The number of hydrogen-bond donors (Lipinski definition) is 0. The van der Waals surface area contributed by atoms with Crippen LogP contribution in [0.15, 0.2) is 0 Å². The molecule has 0 bridgehead atoms. The zero-order valence-corrected chi connectivity index (χ0v) is 16.3. The third-order valence-electron chi connectivity index (χ3n) is 4.23. The Morgan fingerprint density at radius 2 is 1.11 bits per heavy atom. The molecule has 170 valence electrons. The van der Waals surface area contributed by atoms with E-state index >= 15 is 0 Å². The highest BCUT2D eigenvalue weighted by molar-refractivity contribution is 7.95. The standard InChI is InChI=1S/C16H26F8O3S/c1-2-3-4-5-6-7-8-9-10-11-12-13(17,18)14(19,20)15(21,22)16(23,24)28-27-26-25/h25H,2-12H2,1H3/p-1. The Hall–Kier alpha value is -0.330. The van der Waals surface area contributed by atoms with Gasteiger partial charge in [-0.15, -0.1) is 0 Å². The van der Waals surface area contributed by atoms with E-state index in [9.17, 15) is 40.4 Å². The van der Waals surface area contributed by atoms with Crippen molar-refractivity contribution >= 4 is 12.0 Å². The van der Waals surface area contributed by atoms with Crippen molar-refractivity contribution in [2.75, 3.05) is 0 Å². The lowest BCUT2D eigenvalue weighted by atomic mass is 9.98. The summed E-state index contributed by atoms with van der Waals surface area (Å²) >= 11 is -1.76. The Labute approximate surface area is 163 Å². The van der Waals surface area contributed by atoms with Gasteiger partial charge in [-0.25, -0.2) is 0 Å². The maximum Gasteiger partial charge on any atom is 0.390 e. The van der Waals surface area contributed by atoms with Gasteiger partial charge in [-0.05, 0) is 6.42 Å². The lowest BCUT2D eigenvalue weighted by Gasteiger charge is -2.35. The van der Waals surface area contributed by atoms with Gasteiger partial charge in [0, 0.05) is 6.42 Å². The first kappa shape index (κ1) is 27.7. The van der Waals surface area contributed by atoms with E-state index in [0.717, 1.165) is 38.5 Å². The quantitative estimate of drug-likeness (QED) is 0.0818. The van der Waals surface area contributed by atoms with Gasteiger partial charge < -0.3 is 5.26 Å². The van der Waals surface area contributed by atoms with E-state index in [2.05, 4.69) is 16.3 Å². The van der Waals surface area contributed by atoms with Crippen LogP contribution < -0.4 is 5.26 Å². The molecule has 0 heterocycles. The van der Waals surface area contributed by atoms with E-state index in [0.29, 0.717) is 12.8 Å². The zero-order chi connectivity index (χ0) is 21.9. The molecule has 0 atom stereocenters. The molecule has 0 amide bonds. The minimum absolute atomic E-state index is 0.0878. The van der Waals surface area contributed by atoms with Crippen molar-refractivity contribution in [3.8, 4) is 0 Å². The summed E-state index contributed by atoms with van der Waals surface area (Å²) in [6, 6.07) is 0. The summed E-state index contributed by atoms with van der Waals surface area (Å²) in [4.78, 5) is 0. The number of unbranched alkanes of at least 4 members (excludes halogenated alkanes) is 9. The van der Waals surface area contributed by atoms with Gasteiger partial charge in [0.05, 0.1) is 0 Å². The normalized spacial score (nSPS) is 13.9. The van der Waals surface area contributed by atoms with E-state index in [4.69, 9.17) is 0 Å². The Morgan fingerprint density at radius 1 is 0.679 bits per heavy atom. The molecule has 0 saturated heterocycles. The molecule has 0 aromatic carbocycles. The first-order valence-corrected chi connectivity index (χ1v) is 9.77. The maximum absolute atomic E-state index is 13.6.